The summed E-state index contributed by atoms with van der Waals surface area (Å²) in [6.45, 7) is 6.78. The molecule has 2 aromatic carbocycles. The second-order valence-electron chi connectivity index (χ2n) is 11.1. The molecule has 1 amide bonds. The molecule has 2 atom stereocenters. The third-order valence-electron chi connectivity index (χ3n) is 7.86. The van der Waals surface area contributed by atoms with Crippen LogP contribution in [0, 0.1) is 32.6 Å². The number of thiophene rings is 1. The number of aliphatic hydroxyl groups is 2. The van der Waals surface area contributed by atoms with Gasteiger partial charge in [0.2, 0.25) is 5.91 Å². The Bertz CT molecular complexity index is 1800. The summed E-state index contributed by atoms with van der Waals surface area (Å²) in [7, 11) is 0. The van der Waals surface area contributed by atoms with Crippen molar-refractivity contribution in [2.45, 2.75) is 58.7 Å². The molecular formula is C34H38ClN7O3S. The molecule has 3 heterocycles. The molecule has 4 aromatic rings. The number of nitrogens with two attached hydrogens (primary N) is 1. The van der Waals surface area contributed by atoms with Crippen molar-refractivity contribution in [1.29, 1.82) is 0 Å². The fraction of sp³-hybridized carbons (Fsp3) is 0.353. The molecule has 0 bridgehead atoms. The van der Waals surface area contributed by atoms with E-state index in [1.54, 1.807) is 23.5 Å². The van der Waals surface area contributed by atoms with Crippen LogP contribution < -0.4 is 16.4 Å². The fourth-order valence-corrected chi connectivity index (χ4v) is 6.78. The SMILES string of the molecule is Cc1sc2c(c1C)C(c1ccc(Cl)cc1)=N[C@@H](CC(O)NCCCC(=O)Nc1ccc(CCO)c(C#CCN)c1)c1nnc(C)n1-2. The Kier molecular flexibility index (Phi) is 11.0. The number of fused-ring (bicyclic) bond motifs is 3. The quantitative estimate of drug-likeness (QED) is 0.0912. The van der Waals surface area contributed by atoms with E-state index in [2.05, 4.69) is 51.1 Å². The minimum atomic E-state index is -0.893. The van der Waals surface area contributed by atoms with Gasteiger partial charge in [0.05, 0.1) is 12.3 Å². The van der Waals surface area contributed by atoms with Crippen molar-refractivity contribution < 1.29 is 15.0 Å². The predicted octanol–water partition coefficient (Wildman–Crippen LogP) is 4.36. The molecule has 0 saturated carbocycles. The van der Waals surface area contributed by atoms with Crippen molar-refractivity contribution in [3.05, 3.63) is 91.8 Å². The van der Waals surface area contributed by atoms with Crippen molar-refractivity contribution in [3.8, 4) is 16.8 Å². The highest BCUT2D eigenvalue weighted by Crippen LogP contribution is 2.39. The number of carbonyl (C=O) groups is 1. The van der Waals surface area contributed by atoms with Gasteiger partial charge >= 0.3 is 0 Å². The molecule has 0 spiro atoms. The number of amides is 1. The van der Waals surface area contributed by atoms with Crippen LogP contribution in [0.3, 0.4) is 0 Å². The highest BCUT2D eigenvalue weighted by molar-refractivity contribution is 7.15. The average molecular weight is 660 g/mol. The van der Waals surface area contributed by atoms with E-state index in [1.165, 1.54) is 4.88 Å². The number of hydrogen-bond donors (Lipinski definition) is 5. The van der Waals surface area contributed by atoms with Gasteiger partial charge in [-0.1, -0.05) is 41.6 Å². The monoisotopic (exact) mass is 659 g/mol. The Morgan fingerprint density at radius 1 is 1.17 bits per heavy atom. The smallest absolute Gasteiger partial charge is 0.224 e. The molecular weight excluding hydrogens is 622 g/mol. The maximum absolute atomic E-state index is 12.7. The second kappa shape index (κ2) is 15.1. The van der Waals surface area contributed by atoms with E-state index in [4.69, 9.17) is 22.3 Å². The first-order chi connectivity index (χ1) is 22.2. The summed E-state index contributed by atoms with van der Waals surface area (Å²) >= 11 is 7.89. The van der Waals surface area contributed by atoms with E-state index in [1.807, 2.05) is 37.3 Å². The number of carbonyl (C=O) groups excluding carboxylic acids is 1. The highest BCUT2D eigenvalue weighted by atomic mass is 35.5. The average Bonchev–Trinajstić information content (AvgIpc) is 3.51. The predicted molar refractivity (Wildman–Crippen MR) is 183 cm³/mol. The van der Waals surface area contributed by atoms with Crippen LogP contribution in [0.25, 0.3) is 5.00 Å². The lowest BCUT2D eigenvalue weighted by Gasteiger charge is -2.18. The molecule has 46 heavy (non-hydrogen) atoms. The van der Waals surface area contributed by atoms with E-state index in [0.29, 0.717) is 35.9 Å². The number of aliphatic hydroxyl groups excluding tert-OH is 2. The third-order valence-corrected chi connectivity index (χ3v) is 9.31. The first-order valence-corrected chi connectivity index (χ1v) is 16.4. The highest BCUT2D eigenvalue weighted by Gasteiger charge is 2.32. The molecule has 5 rings (SSSR count). The van der Waals surface area contributed by atoms with E-state index < -0.39 is 12.3 Å². The van der Waals surface area contributed by atoms with Crippen LogP contribution in [0.5, 0.6) is 0 Å². The standard InChI is InChI=1S/C34H38ClN7O3S/c1-20-21(2)46-34-31(20)32(24-8-11-26(35)12-9-24)39-28(33-41-40-22(3)42(33)34)19-30(45)37-16-5-7-29(44)38-27-13-10-23(14-17-43)25(18-27)6-4-15-36/h8-13,18,28,30,37,43,45H,5,7,14-17,19,36H2,1-3H3,(H,38,44)/t28-,30?/m0/s1. The largest absolute Gasteiger partial charge is 0.396 e. The van der Waals surface area contributed by atoms with Crippen LogP contribution in [0.1, 0.15) is 69.6 Å². The van der Waals surface area contributed by atoms with Gasteiger partial charge < -0.3 is 21.3 Å². The minimum Gasteiger partial charge on any atom is -0.396 e. The summed E-state index contributed by atoms with van der Waals surface area (Å²) in [6, 6.07) is 12.6. The maximum atomic E-state index is 12.7. The van der Waals surface area contributed by atoms with E-state index in [-0.39, 0.29) is 31.9 Å². The summed E-state index contributed by atoms with van der Waals surface area (Å²) in [5.74, 6) is 7.11. The van der Waals surface area contributed by atoms with E-state index >= 15 is 0 Å². The summed E-state index contributed by atoms with van der Waals surface area (Å²) in [5.41, 5.74) is 11.7. The number of rotatable bonds is 11. The topological polar surface area (TPSA) is 151 Å². The molecule has 1 aliphatic rings. The molecule has 12 heteroatoms. The zero-order valence-corrected chi connectivity index (χ0v) is 27.7. The Labute approximate surface area is 277 Å². The summed E-state index contributed by atoms with van der Waals surface area (Å²) in [5, 5.41) is 37.0. The van der Waals surface area contributed by atoms with Gasteiger partial charge in [0, 0.05) is 51.7 Å². The number of anilines is 1. The van der Waals surface area contributed by atoms with Crippen molar-refractivity contribution >= 4 is 40.2 Å². The number of aromatic nitrogens is 3. The molecule has 0 fully saturated rings. The Hall–Kier alpha value is -3.89. The van der Waals surface area contributed by atoms with E-state index in [0.717, 1.165) is 44.4 Å². The van der Waals surface area contributed by atoms with Gasteiger partial charge in [-0.05, 0) is 75.5 Å². The summed E-state index contributed by atoms with van der Waals surface area (Å²) in [6.07, 6.45) is 0.616. The minimum absolute atomic E-state index is 0.00695. The van der Waals surface area contributed by atoms with Gasteiger partial charge in [0.15, 0.2) is 5.82 Å². The molecule has 1 unspecified atom stereocenters. The van der Waals surface area contributed by atoms with Crippen LogP contribution in [-0.2, 0) is 11.2 Å². The molecule has 240 valence electrons. The molecule has 0 radical (unpaired) electrons. The molecule has 0 aliphatic carbocycles. The van der Waals surface area contributed by atoms with Crippen molar-refractivity contribution in [3.63, 3.8) is 0 Å². The Morgan fingerprint density at radius 3 is 2.70 bits per heavy atom. The van der Waals surface area contributed by atoms with Crippen LogP contribution in [-0.4, -0.2) is 62.5 Å². The van der Waals surface area contributed by atoms with Gasteiger partial charge in [0.1, 0.15) is 23.1 Å². The zero-order chi connectivity index (χ0) is 32.8. The van der Waals surface area contributed by atoms with Crippen LogP contribution in [0.2, 0.25) is 5.02 Å². The lowest BCUT2D eigenvalue weighted by Crippen LogP contribution is -2.32. The lowest BCUT2D eigenvalue weighted by atomic mass is 9.99. The number of aliphatic imine (C=N–C) groups is 1. The van der Waals surface area contributed by atoms with Crippen LogP contribution >= 0.6 is 22.9 Å². The Balaban J connectivity index is 1.25. The number of nitrogens with one attached hydrogen (secondary N) is 2. The normalized spacial score (nSPS) is 14.4. The number of aryl methyl sites for hydroxylation is 2. The van der Waals surface area contributed by atoms with Gasteiger partial charge in [-0.15, -0.1) is 21.5 Å². The second-order valence-corrected chi connectivity index (χ2v) is 12.8. The summed E-state index contributed by atoms with van der Waals surface area (Å²) < 4.78 is 2.05. The maximum Gasteiger partial charge on any atom is 0.224 e. The molecule has 1 aliphatic heterocycles. The van der Waals surface area contributed by atoms with Crippen LogP contribution in [0.4, 0.5) is 5.69 Å². The first kappa shape index (κ1) is 33.5. The van der Waals surface area contributed by atoms with Gasteiger partial charge in [-0.3, -0.25) is 19.7 Å². The van der Waals surface area contributed by atoms with Crippen LogP contribution in [0.15, 0.2) is 47.5 Å². The fourth-order valence-electron chi connectivity index (χ4n) is 5.44. The van der Waals surface area contributed by atoms with Crippen molar-refractivity contribution in [1.82, 2.24) is 20.1 Å². The molecule has 6 N–H and O–H groups in total. The van der Waals surface area contributed by atoms with Crippen molar-refractivity contribution in [2.24, 2.45) is 10.7 Å². The van der Waals surface area contributed by atoms with Crippen molar-refractivity contribution in [2.75, 3.05) is 25.0 Å². The lowest BCUT2D eigenvalue weighted by molar-refractivity contribution is -0.116. The third kappa shape index (κ3) is 7.56. The number of hydrogen-bond acceptors (Lipinski definition) is 9. The molecule has 10 nitrogen and oxygen atoms in total. The van der Waals surface area contributed by atoms with E-state index in [9.17, 15) is 15.0 Å². The summed E-state index contributed by atoms with van der Waals surface area (Å²) in [4.78, 5) is 19.1. The number of benzene rings is 2. The molecule has 2 aromatic heterocycles. The zero-order valence-electron chi connectivity index (χ0n) is 26.1. The molecule has 0 saturated heterocycles. The van der Waals surface area contributed by atoms with Gasteiger partial charge in [-0.25, -0.2) is 0 Å². The number of nitrogens with zero attached hydrogens (tertiary/aromatic N) is 4. The van der Waals surface area contributed by atoms with Gasteiger partial charge in [-0.2, -0.15) is 0 Å². The van der Waals surface area contributed by atoms with Gasteiger partial charge in [0.25, 0.3) is 0 Å². The first-order valence-electron chi connectivity index (χ1n) is 15.2. The Morgan fingerprint density at radius 2 is 1.96 bits per heavy atom. The number of halogens is 1.